The molecule has 38 heavy (non-hydrogen) atoms. The molecule has 0 bridgehead atoms. The van der Waals surface area contributed by atoms with E-state index in [1.165, 1.54) is 24.3 Å². The standard InChI is InChI=1S/C20H22F2N10O4S2/c21-20(22,9-23)19-26-13-3-1-2-12(16(13)27-19)11-4-5-14(38(35,36)30-10-6-7-25-8-10)17(37(24,33)34)15(11)18-28-31-32-29-18/h1-5,10,25,30H,6-9,23H2,(H,26,27)(H2,24,33,34)(H,28,29,31,32)/t10-/m0/s1. The molecule has 202 valence electrons. The van der Waals surface area contributed by atoms with Crippen molar-refractivity contribution in [1.29, 1.82) is 0 Å². The summed E-state index contributed by atoms with van der Waals surface area (Å²) in [4.78, 5) is 5.14. The Bertz CT molecular complexity index is 1720. The number of primary sulfonamides is 1. The second-order valence-electron chi connectivity index (χ2n) is 8.60. The molecule has 5 rings (SSSR count). The third kappa shape index (κ3) is 4.65. The van der Waals surface area contributed by atoms with Crippen LogP contribution in [0.15, 0.2) is 40.1 Å². The van der Waals surface area contributed by atoms with Crippen molar-refractivity contribution >= 4 is 31.1 Å². The Hall–Kier alpha value is -3.42. The lowest BCUT2D eigenvalue weighted by molar-refractivity contribution is -0.00236. The van der Waals surface area contributed by atoms with Gasteiger partial charge in [-0.3, -0.25) is 0 Å². The first kappa shape index (κ1) is 26.2. The number of para-hydroxylation sites is 1. The van der Waals surface area contributed by atoms with Crippen LogP contribution < -0.4 is 20.9 Å². The van der Waals surface area contributed by atoms with Crippen LogP contribution in [-0.4, -0.2) is 73.1 Å². The van der Waals surface area contributed by atoms with Crippen LogP contribution in [0.4, 0.5) is 8.78 Å². The Morgan fingerprint density at radius 1 is 1.13 bits per heavy atom. The number of aromatic amines is 2. The van der Waals surface area contributed by atoms with Gasteiger partial charge in [-0.05, 0) is 35.9 Å². The van der Waals surface area contributed by atoms with Gasteiger partial charge in [0, 0.05) is 18.2 Å². The van der Waals surface area contributed by atoms with Gasteiger partial charge in [0.05, 0.1) is 23.1 Å². The van der Waals surface area contributed by atoms with E-state index in [1.807, 2.05) is 0 Å². The lowest BCUT2D eigenvalue weighted by Crippen LogP contribution is -2.37. The number of nitrogens with zero attached hydrogens (tertiary/aromatic N) is 4. The number of hydrogen-bond donors (Lipinski definition) is 6. The number of tetrazole rings is 1. The molecule has 4 aromatic rings. The number of alkyl halides is 2. The largest absolute Gasteiger partial charge is 0.337 e. The smallest absolute Gasteiger partial charge is 0.316 e. The first-order chi connectivity index (χ1) is 17.9. The lowest BCUT2D eigenvalue weighted by Gasteiger charge is -2.18. The van der Waals surface area contributed by atoms with E-state index in [0.717, 1.165) is 6.07 Å². The highest BCUT2D eigenvalue weighted by molar-refractivity contribution is 7.92. The number of rotatable bonds is 8. The molecule has 0 amide bonds. The van der Waals surface area contributed by atoms with Crippen molar-refractivity contribution in [3.05, 3.63) is 36.2 Å². The Labute approximate surface area is 214 Å². The highest BCUT2D eigenvalue weighted by Gasteiger charge is 2.36. The summed E-state index contributed by atoms with van der Waals surface area (Å²) in [7, 11) is -9.14. The molecule has 0 spiro atoms. The van der Waals surface area contributed by atoms with Gasteiger partial charge in [-0.25, -0.2) is 31.7 Å². The number of fused-ring (bicyclic) bond motifs is 1. The molecular formula is C20H22F2N10O4S2. The number of nitrogens with one attached hydrogen (secondary N) is 4. The second kappa shape index (κ2) is 9.40. The fraction of sp³-hybridized carbons (Fsp3) is 0.300. The molecule has 0 aliphatic carbocycles. The van der Waals surface area contributed by atoms with E-state index in [9.17, 15) is 25.6 Å². The van der Waals surface area contributed by atoms with Gasteiger partial charge in [0.15, 0.2) is 5.82 Å². The molecule has 1 fully saturated rings. The maximum Gasteiger partial charge on any atom is 0.316 e. The molecule has 2 aromatic carbocycles. The predicted molar refractivity (Wildman–Crippen MR) is 131 cm³/mol. The van der Waals surface area contributed by atoms with Gasteiger partial charge in [-0.1, -0.05) is 18.2 Å². The number of nitrogens with two attached hydrogens (primary N) is 2. The van der Waals surface area contributed by atoms with Crippen LogP contribution in [0.1, 0.15) is 12.2 Å². The van der Waals surface area contributed by atoms with Crippen LogP contribution >= 0.6 is 0 Å². The molecule has 3 heterocycles. The molecule has 1 aliphatic heterocycles. The van der Waals surface area contributed by atoms with Crippen LogP contribution in [0.3, 0.4) is 0 Å². The fourth-order valence-corrected chi connectivity index (χ4v) is 7.20. The van der Waals surface area contributed by atoms with Gasteiger partial charge in [-0.15, -0.1) is 10.2 Å². The maximum absolute atomic E-state index is 14.3. The molecule has 1 aliphatic rings. The van der Waals surface area contributed by atoms with Crippen molar-refractivity contribution in [2.24, 2.45) is 10.9 Å². The zero-order valence-corrected chi connectivity index (χ0v) is 21.1. The van der Waals surface area contributed by atoms with E-state index in [4.69, 9.17) is 10.9 Å². The zero-order valence-electron chi connectivity index (χ0n) is 19.4. The van der Waals surface area contributed by atoms with Crippen LogP contribution in [0.5, 0.6) is 0 Å². The summed E-state index contributed by atoms with van der Waals surface area (Å²) in [5.74, 6) is -4.44. The van der Waals surface area contributed by atoms with Crippen molar-refractivity contribution in [2.45, 2.75) is 28.2 Å². The minimum Gasteiger partial charge on any atom is -0.337 e. The van der Waals surface area contributed by atoms with Gasteiger partial charge in [0.1, 0.15) is 9.79 Å². The highest BCUT2D eigenvalue weighted by Crippen LogP contribution is 2.41. The number of halogens is 2. The number of aromatic nitrogens is 6. The quantitative estimate of drug-likeness (QED) is 0.163. The molecule has 1 atom stereocenters. The van der Waals surface area contributed by atoms with E-state index in [1.54, 1.807) is 0 Å². The van der Waals surface area contributed by atoms with Gasteiger partial charge < -0.3 is 16.0 Å². The van der Waals surface area contributed by atoms with Crippen molar-refractivity contribution in [1.82, 2.24) is 40.6 Å². The number of imidazole rings is 1. The SMILES string of the molecule is NCC(F)(F)c1nc2c(-c3ccc(S(=O)(=O)N[C@H]4CCNC4)c(S(N)(=O)=O)c3-c3nn[nH]n3)cccc2[nH]1. The molecule has 2 aromatic heterocycles. The van der Waals surface area contributed by atoms with E-state index in [2.05, 4.69) is 40.6 Å². The molecule has 1 saturated heterocycles. The van der Waals surface area contributed by atoms with E-state index >= 15 is 0 Å². The Morgan fingerprint density at radius 3 is 2.55 bits per heavy atom. The summed E-state index contributed by atoms with van der Waals surface area (Å²) in [5, 5.41) is 21.9. The predicted octanol–water partition coefficient (Wildman–Crippen LogP) is -0.252. The molecule has 18 heteroatoms. The summed E-state index contributed by atoms with van der Waals surface area (Å²) in [6.07, 6.45) is 0.497. The van der Waals surface area contributed by atoms with E-state index in [0.29, 0.717) is 19.5 Å². The molecule has 14 nitrogen and oxygen atoms in total. The van der Waals surface area contributed by atoms with Crippen LogP contribution in [0.2, 0.25) is 0 Å². The normalized spacial score (nSPS) is 16.9. The summed E-state index contributed by atoms with van der Waals surface area (Å²) in [6, 6.07) is 6.43. The minimum atomic E-state index is -4.73. The number of hydrogen-bond acceptors (Lipinski definition) is 10. The topological polar surface area (TPSA) is 228 Å². The Kier molecular flexibility index (Phi) is 6.48. The molecule has 0 saturated carbocycles. The van der Waals surface area contributed by atoms with Crippen LogP contribution in [0.25, 0.3) is 33.5 Å². The lowest BCUT2D eigenvalue weighted by atomic mass is 9.98. The first-order valence-corrected chi connectivity index (χ1v) is 14.2. The van der Waals surface area contributed by atoms with E-state index < -0.39 is 54.2 Å². The zero-order chi connectivity index (χ0) is 27.3. The summed E-state index contributed by atoms with van der Waals surface area (Å²) in [6.45, 7) is -0.0559. The molecular weight excluding hydrogens is 546 g/mol. The fourth-order valence-electron chi connectivity index (χ4n) is 4.33. The van der Waals surface area contributed by atoms with Gasteiger partial charge in [0.2, 0.25) is 25.9 Å². The summed E-state index contributed by atoms with van der Waals surface area (Å²) >= 11 is 0. The number of sulfonamides is 2. The second-order valence-corrected chi connectivity index (χ2v) is 11.8. The van der Waals surface area contributed by atoms with Crippen molar-refractivity contribution in [3.63, 3.8) is 0 Å². The molecule has 0 unspecified atom stereocenters. The maximum atomic E-state index is 14.3. The molecule has 8 N–H and O–H groups in total. The number of benzene rings is 2. The monoisotopic (exact) mass is 568 g/mol. The third-order valence-electron chi connectivity index (χ3n) is 6.05. The summed E-state index contributed by atoms with van der Waals surface area (Å²) in [5.41, 5.74) is 5.40. The van der Waals surface area contributed by atoms with Crippen molar-refractivity contribution < 1.29 is 25.6 Å². The van der Waals surface area contributed by atoms with Crippen LogP contribution in [-0.2, 0) is 26.0 Å². The Morgan fingerprint density at radius 2 is 1.92 bits per heavy atom. The third-order valence-corrected chi connectivity index (χ3v) is 8.74. The highest BCUT2D eigenvalue weighted by atomic mass is 32.2. The summed E-state index contributed by atoms with van der Waals surface area (Å²) < 4.78 is 83.6. The van der Waals surface area contributed by atoms with Crippen molar-refractivity contribution in [2.75, 3.05) is 19.6 Å². The van der Waals surface area contributed by atoms with Gasteiger partial charge in [-0.2, -0.15) is 14.0 Å². The van der Waals surface area contributed by atoms with Crippen LogP contribution in [0, 0.1) is 0 Å². The number of H-pyrrole nitrogens is 2. The Balaban J connectivity index is 1.81. The average molecular weight is 569 g/mol. The first-order valence-electron chi connectivity index (χ1n) is 11.2. The average Bonchev–Trinajstić information content (AvgIpc) is 3.64. The minimum absolute atomic E-state index is 0.0477. The molecule has 0 radical (unpaired) electrons. The van der Waals surface area contributed by atoms with Gasteiger partial charge >= 0.3 is 5.92 Å². The van der Waals surface area contributed by atoms with Gasteiger partial charge in [0.25, 0.3) is 0 Å². The van der Waals surface area contributed by atoms with Crippen molar-refractivity contribution in [3.8, 4) is 22.5 Å². The van der Waals surface area contributed by atoms with E-state index in [-0.39, 0.29) is 33.5 Å².